The van der Waals surface area contributed by atoms with Crippen LogP contribution in [0.25, 0.3) is 0 Å². The second-order valence-electron chi connectivity index (χ2n) is 4.02. The molecule has 2 amide bonds. The molecule has 1 aliphatic carbocycles. The summed E-state index contributed by atoms with van der Waals surface area (Å²) in [6.07, 6.45) is 3.41. The van der Waals surface area contributed by atoms with Gasteiger partial charge in [0.25, 0.3) is 0 Å². The van der Waals surface area contributed by atoms with Crippen LogP contribution in [0.3, 0.4) is 0 Å². The van der Waals surface area contributed by atoms with Crippen molar-refractivity contribution < 1.29 is 4.79 Å². The lowest BCUT2D eigenvalue weighted by Gasteiger charge is -2.26. The fraction of sp³-hybridized carbons (Fsp3) is 0.600. The monoisotopic (exact) mass is 208 g/mol. The van der Waals surface area contributed by atoms with Crippen LogP contribution in [-0.2, 0) is 7.05 Å². The molecule has 0 radical (unpaired) electrons. The molecule has 0 saturated heterocycles. The molecule has 1 aromatic heterocycles. The third kappa shape index (κ3) is 2.29. The van der Waals surface area contributed by atoms with Gasteiger partial charge in [0.1, 0.15) is 5.82 Å². The van der Waals surface area contributed by atoms with Crippen LogP contribution in [0.1, 0.15) is 25.0 Å². The third-order valence-electron chi connectivity index (χ3n) is 2.68. The first-order valence-electron chi connectivity index (χ1n) is 5.23. The second-order valence-corrected chi connectivity index (χ2v) is 4.02. The zero-order chi connectivity index (χ0) is 10.8. The van der Waals surface area contributed by atoms with Gasteiger partial charge in [0.05, 0.1) is 5.69 Å². The highest BCUT2D eigenvalue weighted by Crippen LogP contribution is 2.18. The standard InChI is InChI=1S/C10H16N4O/c1-7-6-9(14(2)13-7)12-10(15)11-8-4-3-5-8/h6,8H,3-5H2,1-2H3,(H2,11,12,15). The maximum absolute atomic E-state index is 11.5. The lowest BCUT2D eigenvalue weighted by atomic mass is 9.93. The fourth-order valence-corrected chi connectivity index (χ4v) is 1.62. The summed E-state index contributed by atoms with van der Waals surface area (Å²) in [5.41, 5.74) is 0.899. The van der Waals surface area contributed by atoms with E-state index in [1.807, 2.05) is 20.0 Å². The Hall–Kier alpha value is -1.52. The minimum Gasteiger partial charge on any atom is -0.335 e. The van der Waals surface area contributed by atoms with Crippen LogP contribution in [0.2, 0.25) is 0 Å². The van der Waals surface area contributed by atoms with Gasteiger partial charge in [-0.1, -0.05) is 0 Å². The summed E-state index contributed by atoms with van der Waals surface area (Å²) in [7, 11) is 1.81. The molecule has 1 fully saturated rings. The molecule has 0 aliphatic heterocycles. The van der Waals surface area contributed by atoms with E-state index >= 15 is 0 Å². The molecule has 0 spiro atoms. The smallest absolute Gasteiger partial charge is 0.320 e. The Balaban J connectivity index is 1.90. The van der Waals surface area contributed by atoms with Crippen LogP contribution < -0.4 is 10.6 Å². The molecule has 15 heavy (non-hydrogen) atoms. The highest BCUT2D eigenvalue weighted by Gasteiger charge is 2.19. The Bertz CT molecular complexity index is 367. The average Bonchev–Trinajstić information content (AvgIpc) is 2.38. The minimum atomic E-state index is -0.136. The number of carbonyl (C=O) groups is 1. The van der Waals surface area contributed by atoms with E-state index in [4.69, 9.17) is 0 Å². The Morgan fingerprint density at radius 3 is 2.80 bits per heavy atom. The summed E-state index contributed by atoms with van der Waals surface area (Å²) in [5, 5.41) is 9.84. The van der Waals surface area contributed by atoms with Crippen LogP contribution in [0, 0.1) is 6.92 Å². The summed E-state index contributed by atoms with van der Waals surface area (Å²) in [5.74, 6) is 0.726. The molecule has 2 rings (SSSR count). The highest BCUT2D eigenvalue weighted by atomic mass is 16.2. The van der Waals surface area contributed by atoms with Gasteiger partial charge >= 0.3 is 6.03 Å². The van der Waals surface area contributed by atoms with E-state index < -0.39 is 0 Å². The summed E-state index contributed by atoms with van der Waals surface area (Å²) in [4.78, 5) is 11.5. The molecule has 0 aromatic carbocycles. The van der Waals surface area contributed by atoms with Crippen LogP contribution in [0.4, 0.5) is 10.6 Å². The van der Waals surface area contributed by atoms with Crippen LogP contribution in [0.5, 0.6) is 0 Å². The number of hydrogen-bond donors (Lipinski definition) is 2. The van der Waals surface area contributed by atoms with Gasteiger partial charge in [-0.25, -0.2) is 4.79 Å². The van der Waals surface area contributed by atoms with E-state index in [2.05, 4.69) is 15.7 Å². The van der Waals surface area contributed by atoms with Crippen molar-refractivity contribution in [2.24, 2.45) is 7.05 Å². The van der Waals surface area contributed by atoms with E-state index in [0.717, 1.165) is 24.4 Å². The molecule has 0 bridgehead atoms. The van der Waals surface area contributed by atoms with E-state index in [-0.39, 0.29) is 6.03 Å². The number of hydrogen-bond acceptors (Lipinski definition) is 2. The molecule has 5 nitrogen and oxygen atoms in total. The molecule has 1 saturated carbocycles. The zero-order valence-electron chi connectivity index (χ0n) is 9.08. The van der Waals surface area contributed by atoms with E-state index in [0.29, 0.717) is 6.04 Å². The van der Waals surface area contributed by atoms with Crippen molar-refractivity contribution in [3.8, 4) is 0 Å². The first kappa shape index (κ1) is 10.0. The third-order valence-corrected chi connectivity index (χ3v) is 2.68. The quantitative estimate of drug-likeness (QED) is 0.771. The number of aromatic nitrogens is 2. The first-order chi connectivity index (χ1) is 7.15. The van der Waals surface area contributed by atoms with Gasteiger partial charge in [-0.15, -0.1) is 0 Å². The van der Waals surface area contributed by atoms with Crippen molar-refractivity contribution in [1.29, 1.82) is 0 Å². The molecule has 0 unspecified atom stereocenters. The molecule has 1 aromatic rings. The Morgan fingerprint density at radius 2 is 2.33 bits per heavy atom. The molecule has 1 heterocycles. The van der Waals surface area contributed by atoms with Crippen LogP contribution in [0.15, 0.2) is 6.07 Å². The molecule has 2 N–H and O–H groups in total. The molecule has 0 atom stereocenters. The number of urea groups is 1. The summed E-state index contributed by atoms with van der Waals surface area (Å²) >= 11 is 0. The molecular weight excluding hydrogens is 192 g/mol. The summed E-state index contributed by atoms with van der Waals surface area (Å²) < 4.78 is 1.66. The number of nitrogens with one attached hydrogen (secondary N) is 2. The van der Waals surface area contributed by atoms with Gasteiger partial charge in [-0.05, 0) is 26.2 Å². The summed E-state index contributed by atoms with van der Waals surface area (Å²) in [6.45, 7) is 1.90. The molecule has 1 aliphatic rings. The molecule has 5 heteroatoms. The van der Waals surface area contributed by atoms with Crippen molar-refractivity contribution in [3.63, 3.8) is 0 Å². The number of rotatable bonds is 2. The lowest BCUT2D eigenvalue weighted by Crippen LogP contribution is -2.42. The predicted octanol–water partition coefficient (Wildman–Crippen LogP) is 1.40. The van der Waals surface area contributed by atoms with Gasteiger partial charge in [0.2, 0.25) is 0 Å². The SMILES string of the molecule is Cc1cc(NC(=O)NC2CCC2)n(C)n1. The molecule has 82 valence electrons. The zero-order valence-corrected chi connectivity index (χ0v) is 9.08. The van der Waals surface area contributed by atoms with Crippen molar-refractivity contribution in [3.05, 3.63) is 11.8 Å². The Kier molecular flexibility index (Phi) is 2.62. The maximum Gasteiger partial charge on any atom is 0.320 e. The largest absolute Gasteiger partial charge is 0.335 e. The van der Waals surface area contributed by atoms with E-state index in [9.17, 15) is 4.79 Å². The van der Waals surface area contributed by atoms with Gasteiger partial charge in [0, 0.05) is 19.2 Å². The lowest BCUT2D eigenvalue weighted by molar-refractivity contribution is 0.240. The molecular formula is C10H16N4O. The Labute approximate surface area is 88.8 Å². The van der Waals surface area contributed by atoms with Crippen LogP contribution in [-0.4, -0.2) is 21.9 Å². The first-order valence-corrected chi connectivity index (χ1v) is 5.23. The minimum absolute atomic E-state index is 0.136. The van der Waals surface area contributed by atoms with Gasteiger partial charge in [0.15, 0.2) is 0 Å². The number of nitrogens with zero attached hydrogens (tertiary/aromatic N) is 2. The topological polar surface area (TPSA) is 59.0 Å². The van der Waals surface area contributed by atoms with Crippen molar-refractivity contribution in [1.82, 2.24) is 15.1 Å². The average molecular weight is 208 g/mol. The van der Waals surface area contributed by atoms with Crippen molar-refractivity contribution in [2.45, 2.75) is 32.2 Å². The van der Waals surface area contributed by atoms with E-state index in [1.54, 1.807) is 4.68 Å². The van der Waals surface area contributed by atoms with Crippen molar-refractivity contribution in [2.75, 3.05) is 5.32 Å². The van der Waals surface area contributed by atoms with E-state index in [1.165, 1.54) is 6.42 Å². The summed E-state index contributed by atoms with van der Waals surface area (Å²) in [6, 6.07) is 2.07. The van der Waals surface area contributed by atoms with Gasteiger partial charge in [-0.3, -0.25) is 10.00 Å². The van der Waals surface area contributed by atoms with Crippen molar-refractivity contribution >= 4 is 11.8 Å². The van der Waals surface area contributed by atoms with Gasteiger partial charge in [-0.2, -0.15) is 5.10 Å². The fourth-order valence-electron chi connectivity index (χ4n) is 1.62. The number of amides is 2. The predicted molar refractivity (Wildman–Crippen MR) is 57.7 cm³/mol. The highest BCUT2D eigenvalue weighted by molar-refractivity contribution is 5.88. The number of anilines is 1. The second kappa shape index (κ2) is 3.92. The number of carbonyl (C=O) groups excluding carboxylic acids is 1. The maximum atomic E-state index is 11.5. The van der Waals surface area contributed by atoms with Crippen LogP contribution >= 0.6 is 0 Å². The van der Waals surface area contributed by atoms with Gasteiger partial charge < -0.3 is 5.32 Å². The normalized spacial score (nSPS) is 15.9. The Morgan fingerprint density at radius 1 is 1.60 bits per heavy atom. The number of aryl methyl sites for hydroxylation is 2.